The van der Waals surface area contributed by atoms with Crippen LogP contribution >= 0.6 is 0 Å². The second-order valence-corrected chi connectivity index (χ2v) is 4.56. The first-order chi connectivity index (χ1) is 7.09. The van der Waals surface area contributed by atoms with E-state index in [4.69, 9.17) is 0 Å². The second kappa shape index (κ2) is 3.77. The van der Waals surface area contributed by atoms with Crippen molar-refractivity contribution in [1.82, 2.24) is 15.3 Å². The third-order valence-corrected chi connectivity index (χ3v) is 2.86. The molecular weight excluding hydrogens is 188 g/mol. The average molecular weight is 206 g/mol. The Morgan fingerprint density at radius 3 is 2.93 bits per heavy atom. The minimum atomic E-state index is 0.118. The molecule has 0 aromatic carbocycles. The molecular formula is C11H18N4. The van der Waals surface area contributed by atoms with Gasteiger partial charge in [-0.15, -0.1) is 0 Å². The van der Waals surface area contributed by atoms with E-state index < -0.39 is 0 Å². The van der Waals surface area contributed by atoms with Crippen molar-refractivity contribution in [3.05, 3.63) is 17.6 Å². The number of hydrogen-bond donors (Lipinski definition) is 2. The summed E-state index contributed by atoms with van der Waals surface area (Å²) in [5, 5.41) is 6.85. The number of aromatic nitrogens is 2. The van der Waals surface area contributed by atoms with Gasteiger partial charge >= 0.3 is 0 Å². The van der Waals surface area contributed by atoms with E-state index in [0.29, 0.717) is 0 Å². The molecule has 2 N–H and O–H groups in total. The lowest BCUT2D eigenvalue weighted by Gasteiger charge is -2.25. The summed E-state index contributed by atoms with van der Waals surface area (Å²) in [5.74, 6) is 0.918. The van der Waals surface area contributed by atoms with Gasteiger partial charge in [0.25, 0.3) is 0 Å². The van der Waals surface area contributed by atoms with Crippen LogP contribution in [0, 0.1) is 13.8 Å². The van der Waals surface area contributed by atoms with Gasteiger partial charge in [-0.05, 0) is 33.7 Å². The van der Waals surface area contributed by atoms with Gasteiger partial charge in [-0.1, -0.05) is 0 Å². The Bertz CT molecular complexity index is 356. The molecule has 2 heterocycles. The van der Waals surface area contributed by atoms with Crippen LogP contribution in [0.3, 0.4) is 0 Å². The molecule has 1 saturated heterocycles. The zero-order valence-corrected chi connectivity index (χ0v) is 9.59. The van der Waals surface area contributed by atoms with E-state index in [9.17, 15) is 0 Å². The second-order valence-electron chi connectivity index (χ2n) is 4.56. The number of nitrogens with zero attached hydrogens (tertiary/aromatic N) is 2. The van der Waals surface area contributed by atoms with Crippen LogP contribution in [0.2, 0.25) is 0 Å². The van der Waals surface area contributed by atoms with Crippen LogP contribution in [0.25, 0.3) is 0 Å². The number of rotatable bonds is 2. The summed E-state index contributed by atoms with van der Waals surface area (Å²) >= 11 is 0. The van der Waals surface area contributed by atoms with Gasteiger partial charge in [0.15, 0.2) is 0 Å². The van der Waals surface area contributed by atoms with Crippen LogP contribution in [0.4, 0.5) is 5.82 Å². The van der Waals surface area contributed by atoms with Gasteiger partial charge in [0.2, 0.25) is 0 Å². The van der Waals surface area contributed by atoms with E-state index in [1.54, 1.807) is 6.20 Å². The molecule has 0 aliphatic carbocycles. The largest absolute Gasteiger partial charge is 0.362 e. The Kier molecular flexibility index (Phi) is 2.61. The van der Waals surface area contributed by atoms with E-state index in [2.05, 4.69) is 27.5 Å². The summed E-state index contributed by atoms with van der Waals surface area (Å²) in [6, 6.07) is 0. The highest BCUT2D eigenvalue weighted by Gasteiger charge is 2.29. The standard InChI is InChI=1S/C11H18N4/c1-8-6-13-9(2)10(14-8)15-11(3)4-5-12-7-11/h6,12H,4-5,7H2,1-3H3,(H,14,15). The summed E-state index contributed by atoms with van der Waals surface area (Å²) in [6.07, 6.45) is 2.93. The monoisotopic (exact) mass is 206 g/mol. The molecule has 0 radical (unpaired) electrons. The molecule has 1 atom stereocenters. The molecule has 4 heteroatoms. The molecule has 0 spiro atoms. The molecule has 1 aromatic heterocycles. The molecule has 4 nitrogen and oxygen atoms in total. The van der Waals surface area contributed by atoms with Crippen LogP contribution in [0.5, 0.6) is 0 Å². The first kappa shape index (κ1) is 10.4. The lowest BCUT2D eigenvalue weighted by atomic mass is 10.0. The molecule has 0 bridgehead atoms. The highest BCUT2D eigenvalue weighted by atomic mass is 15.1. The van der Waals surface area contributed by atoms with Gasteiger partial charge < -0.3 is 10.6 Å². The zero-order chi connectivity index (χ0) is 10.9. The van der Waals surface area contributed by atoms with Crippen molar-refractivity contribution < 1.29 is 0 Å². The predicted octanol–water partition coefficient (Wildman–Crippen LogP) is 1.26. The first-order valence-electron chi connectivity index (χ1n) is 5.38. The average Bonchev–Trinajstić information content (AvgIpc) is 2.59. The maximum atomic E-state index is 4.48. The topological polar surface area (TPSA) is 49.8 Å². The highest BCUT2D eigenvalue weighted by Crippen LogP contribution is 2.21. The van der Waals surface area contributed by atoms with E-state index >= 15 is 0 Å². The van der Waals surface area contributed by atoms with Crippen LogP contribution < -0.4 is 10.6 Å². The minimum absolute atomic E-state index is 0.118. The van der Waals surface area contributed by atoms with Gasteiger partial charge in [0.1, 0.15) is 5.82 Å². The van der Waals surface area contributed by atoms with E-state index in [1.165, 1.54) is 0 Å². The Hall–Kier alpha value is -1.16. The van der Waals surface area contributed by atoms with Crippen molar-refractivity contribution in [2.75, 3.05) is 18.4 Å². The third-order valence-electron chi connectivity index (χ3n) is 2.86. The highest BCUT2D eigenvalue weighted by molar-refractivity contribution is 5.42. The minimum Gasteiger partial charge on any atom is -0.362 e. The van der Waals surface area contributed by atoms with Gasteiger partial charge in [0.05, 0.1) is 11.4 Å². The number of hydrogen-bond acceptors (Lipinski definition) is 4. The summed E-state index contributed by atoms with van der Waals surface area (Å²) in [5.41, 5.74) is 2.04. The van der Waals surface area contributed by atoms with Crippen molar-refractivity contribution in [3.8, 4) is 0 Å². The SMILES string of the molecule is Cc1cnc(C)c(NC2(C)CCNC2)n1. The van der Waals surface area contributed by atoms with Crippen molar-refractivity contribution >= 4 is 5.82 Å². The number of nitrogens with one attached hydrogen (secondary N) is 2. The Morgan fingerprint density at radius 2 is 2.27 bits per heavy atom. The van der Waals surface area contributed by atoms with Crippen LogP contribution in [-0.2, 0) is 0 Å². The van der Waals surface area contributed by atoms with Crippen molar-refractivity contribution in [2.45, 2.75) is 32.7 Å². The molecule has 0 amide bonds. The summed E-state index contributed by atoms with van der Waals surface area (Å²) in [6.45, 7) is 8.23. The molecule has 1 fully saturated rings. The Morgan fingerprint density at radius 1 is 1.47 bits per heavy atom. The van der Waals surface area contributed by atoms with E-state index in [-0.39, 0.29) is 5.54 Å². The number of anilines is 1. The molecule has 1 unspecified atom stereocenters. The zero-order valence-electron chi connectivity index (χ0n) is 9.59. The molecule has 1 aromatic rings. The van der Waals surface area contributed by atoms with E-state index in [0.717, 1.165) is 36.7 Å². The van der Waals surface area contributed by atoms with Gasteiger partial charge in [-0.3, -0.25) is 4.98 Å². The van der Waals surface area contributed by atoms with Gasteiger partial charge in [-0.2, -0.15) is 0 Å². The van der Waals surface area contributed by atoms with Gasteiger partial charge in [0, 0.05) is 18.3 Å². The molecule has 15 heavy (non-hydrogen) atoms. The molecule has 0 saturated carbocycles. The summed E-state index contributed by atoms with van der Waals surface area (Å²) in [7, 11) is 0. The molecule has 82 valence electrons. The van der Waals surface area contributed by atoms with Crippen molar-refractivity contribution in [2.24, 2.45) is 0 Å². The van der Waals surface area contributed by atoms with Crippen molar-refractivity contribution in [3.63, 3.8) is 0 Å². The van der Waals surface area contributed by atoms with Crippen molar-refractivity contribution in [1.29, 1.82) is 0 Å². The Balaban J connectivity index is 2.19. The smallest absolute Gasteiger partial charge is 0.148 e. The number of aryl methyl sites for hydroxylation is 2. The first-order valence-corrected chi connectivity index (χ1v) is 5.38. The van der Waals surface area contributed by atoms with Crippen LogP contribution in [0.15, 0.2) is 6.20 Å². The fourth-order valence-corrected chi connectivity index (χ4v) is 1.87. The maximum Gasteiger partial charge on any atom is 0.148 e. The molecule has 2 rings (SSSR count). The lowest BCUT2D eigenvalue weighted by Crippen LogP contribution is -2.37. The fourth-order valence-electron chi connectivity index (χ4n) is 1.87. The predicted molar refractivity (Wildman–Crippen MR) is 61.0 cm³/mol. The lowest BCUT2D eigenvalue weighted by molar-refractivity contribution is 0.563. The third kappa shape index (κ3) is 2.26. The quantitative estimate of drug-likeness (QED) is 0.765. The normalized spacial score (nSPS) is 25.5. The summed E-state index contributed by atoms with van der Waals surface area (Å²) < 4.78 is 0. The summed E-state index contributed by atoms with van der Waals surface area (Å²) in [4.78, 5) is 8.79. The Labute approximate surface area is 90.5 Å². The van der Waals surface area contributed by atoms with E-state index in [1.807, 2.05) is 13.8 Å². The van der Waals surface area contributed by atoms with Crippen LogP contribution in [-0.4, -0.2) is 28.6 Å². The molecule has 1 aliphatic heterocycles. The maximum absolute atomic E-state index is 4.48. The fraction of sp³-hybridized carbons (Fsp3) is 0.636. The molecule has 1 aliphatic rings. The van der Waals surface area contributed by atoms with Crippen LogP contribution in [0.1, 0.15) is 24.7 Å². The van der Waals surface area contributed by atoms with Gasteiger partial charge in [-0.25, -0.2) is 4.98 Å².